The molecule has 1 saturated carbocycles. The number of hydrogen-bond donors (Lipinski definition) is 1. The summed E-state index contributed by atoms with van der Waals surface area (Å²) in [6.45, 7) is 3.83. The summed E-state index contributed by atoms with van der Waals surface area (Å²) in [5.74, 6) is -1.16. The average Bonchev–Trinajstić information content (AvgIpc) is 2.82. The summed E-state index contributed by atoms with van der Waals surface area (Å²) < 4.78 is 6.84. The van der Waals surface area contributed by atoms with Gasteiger partial charge in [-0.15, -0.1) is 0 Å². The van der Waals surface area contributed by atoms with Crippen molar-refractivity contribution in [3.8, 4) is 0 Å². The summed E-state index contributed by atoms with van der Waals surface area (Å²) in [5.41, 5.74) is 1.14. The molecular formula is C17H21NO4. The Balaban J connectivity index is 2.20. The van der Waals surface area contributed by atoms with Gasteiger partial charge in [-0.3, -0.25) is 9.36 Å². The predicted molar refractivity (Wildman–Crippen MR) is 83.3 cm³/mol. The molecule has 118 valence electrons. The van der Waals surface area contributed by atoms with Gasteiger partial charge in [0, 0.05) is 6.04 Å². The van der Waals surface area contributed by atoms with Gasteiger partial charge < -0.3 is 9.52 Å². The lowest BCUT2D eigenvalue weighted by Crippen LogP contribution is -2.37. The van der Waals surface area contributed by atoms with Crippen LogP contribution in [0.3, 0.4) is 0 Å². The minimum atomic E-state index is -0.832. The second kappa shape index (κ2) is 5.30. The zero-order valence-corrected chi connectivity index (χ0v) is 13.0. The minimum absolute atomic E-state index is 0.0314. The molecule has 0 saturated heterocycles. The Labute approximate surface area is 128 Å². The highest BCUT2D eigenvalue weighted by Crippen LogP contribution is 2.40. The number of carbonyl (C=O) groups is 1. The second-order valence-electron chi connectivity index (χ2n) is 6.46. The number of rotatable bonds is 3. The molecule has 0 amide bonds. The van der Waals surface area contributed by atoms with Crippen molar-refractivity contribution in [2.24, 2.45) is 0 Å². The molecule has 0 aliphatic heterocycles. The minimum Gasteiger partial charge on any atom is -0.481 e. The number of nitrogens with zero attached hydrogens (tertiary/aromatic N) is 1. The highest BCUT2D eigenvalue weighted by atomic mass is 16.4. The zero-order valence-electron chi connectivity index (χ0n) is 13.0. The first-order chi connectivity index (χ1) is 10.5. The number of aliphatic carboxylic acids is 1. The van der Waals surface area contributed by atoms with Crippen molar-refractivity contribution in [3.05, 3.63) is 34.3 Å². The van der Waals surface area contributed by atoms with Crippen LogP contribution in [0.2, 0.25) is 0 Å². The molecule has 22 heavy (non-hydrogen) atoms. The SMILES string of the molecule is CC(C)n1c(=O)oc2ccc(C3(C(=O)O)CCCCC3)cc21. The molecule has 1 N–H and O–H groups in total. The number of fused-ring (bicyclic) bond motifs is 1. The van der Waals surface area contributed by atoms with Gasteiger partial charge in [-0.2, -0.15) is 0 Å². The van der Waals surface area contributed by atoms with Crippen LogP contribution in [0.5, 0.6) is 0 Å². The highest BCUT2D eigenvalue weighted by molar-refractivity contribution is 5.84. The maximum absolute atomic E-state index is 12.0. The van der Waals surface area contributed by atoms with Crippen LogP contribution >= 0.6 is 0 Å². The van der Waals surface area contributed by atoms with Crippen molar-refractivity contribution >= 4 is 17.1 Å². The standard InChI is InChI=1S/C17H21NO4/c1-11(2)18-13-10-12(6-7-14(13)22-16(18)21)17(15(19)20)8-4-3-5-9-17/h6-7,10-11H,3-5,8-9H2,1-2H3,(H,19,20). The summed E-state index contributed by atoms with van der Waals surface area (Å²) in [4.78, 5) is 23.9. The number of benzene rings is 1. The summed E-state index contributed by atoms with van der Waals surface area (Å²) in [5, 5.41) is 9.81. The Morgan fingerprint density at radius 2 is 1.95 bits per heavy atom. The summed E-state index contributed by atoms with van der Waals surface area (Å²) in [7, 11) is 0. The fourth-order valence-electron chi connectivity index (χ4n) is 3.60. The van der Waals surface area contributed by atoms with Crippen LogP contribution in [0.1, 0.15) is 57.6 Å². The van der Waals surface area contributed by atoms with E-state index in [1.54, 1.807) is 16.7 Å². The molecular weight excluding hydrogens is 282 g/mol. The maximum Gasteiger partial charge on any atom is 0.420 e. The van der Waals surface area contributed by atoms with E-state index in [1.165, 1.54) is 0 Å². The molecule has 1 fully saturated rings. The molecule has 0 spiro atoms. The van der Waals surface area contributed by atoms with Crippen LogP contribution in [-0.4, -0.2) is 15.6 Å². The normalized spacial score (nSPS) is 18.0. The molecule has 0 radical (unpaired) electrons. The molecule has 1 aliphatic carbocycles. The van der Waals surface area contributed by atoms with Crippen molar-refractivity contribution in [2.75, 3.05) is 0 Å². The van der Waals surface area contributed by atoms with Crippen LogP contribution in [0, 0.1) is 0 Å². The Morgan fingerprint density at radius 1 is 1.27 bits per heavy atom. The first-order valence-corrected chi connectivity index (χ1v) is 7.85. The average molecular weight is 303 g/mol. The van der Waals surface area contributed by atoms with Crippen molar-refractivity contribution in [2.45, 2.75) is 57.4 Å². The van der Waals surface area contributed by atoms with Gasteiger partial charge in [0.2, 0.25) is 0 Å². The number of aromatic nitrogens is 1. The first kappa shape index (κ1) is 14.9. The third-order valence-electron chi connectivity index (χ3n) is 4.80. The highest BCUT2D eigenvalue weighted by Gasteiger charge is 2.41. The van der Waals surface area contributed by atoms with Crippen LogP contribution in [0.4, 0.5) is 0 Å². The number of carboxylic acid groups (broad SMARTS) is 1. The van der Waals surface area contributed by atoms with Gasteiger partial charge in [0.1, 0.15) is 0 Å². The summed E-state index contributed by atoms with van der Waals surface area (Å²) in [6, 6.07) is 5.33. The summed E-state index contributed by atoms with van der Waals surface area (Å²) in [6.07, 6.45) is 4.23. The van der Waals surface area contributed by atoms with Crippen LogP contribution < -0.4 is 5.76 Å². The molecule has 0 bridgehead atoms. The number of carboxylic acids is 1. The fourth-order valence-corrected chi connectivity index (χ4v) is 3.60. The quantitative estimate of drug-likeness (QED) is 0.942. The third kappa shape index (κ3) is 2.16. The molecule has 0 unspecified atom stereocenters. The van der Waals surface area contributed by atoms with E-state index in [0.29, 0.717) is 23.9 Å². The molecule has 3 rings (SSSR count). The topological polar surface area (TPSA) is 72.4 Å². The van der Waals surface area contributed by atoms with E-state index in [1.807, 2.05) is 19.9 Å². The Bertz CT molecular complexity index is 763. The van der Waals surface area contributed by atoms with Gasteiger partial charge >= 0.3 is 11.7 Å². The van der Waals surface area contributed by atoms with Crippen LogP contribution in [0.15, 0.2) is 27.4 Å². The lowest BCUT2D eigenvalue weighted by Gasteiger charge is -2.33. The Kier molecular flexibility index (Phi) is 3.59. The lowest BCUT2D eigenvalue weighted by atomic mass is 9.69. The van der Waals surface area contributed by atoms with Gasteiger partial charge in [-0.05, 0) is 44.4 Å². The molecule has 5 heteroatoms. The van der Waals surface area contributed by atoms with E-state index >= 15 is 0 Å². The fraction of sp³-hybridized carbons (Fsp3) is 0.529. The second-order valence-corrected chi connectivity index (χ2v) is 6.46. The van der Waals surface area contributed by atoms with E-state index < -0.39 is 17.1 Å². The molecule has 2 aromatic rings. The smallest absolute Gasteiger partial charge is 0.420 e. The first-order valence-electron chi connectivity index (χ1n) is 7.85. The largest absolute Gasteiger partial charge is 0.481 e. The molecule has 0 atom stereocenters. The molecule has 1 aliphatic rings. The predicted octanol–water partition coefficient (Wildman–Crippen LogP) is 3.46. The van der Waals surface area contributed by atoms with E-state index in [0.717, 1.165) is 24.8 Å². The monoisotopic (exact) mass is 303 g/mol. The Morgan fingerprint density at radius 3 is 2.55 bits per heavy atom. The van der Waals surface area contributed by atoms with Crippen LogP contribution in [0.25, 0.3) is 11.1 Å². The van der Waals surface area contributed by atoms with Gasteiger partial charge in [-0.1, -0.05) is 25.3 Å². The maximum atomic E-state index is 12.0. The molecule has 1 aromatic heterocycles. The van der Waals surface area contributed by atoms with Gasteiger partial charge in [0.05, 0.1) is 10.9 Å². The molecule has 5 nitrogen and oxygen atoms in total. The van der Waals surface area contributed by atoms with Crippen molar-refractivity contribution in [1.29, 1.82) is 0 Å². The van der Waals surface area contributed by atoms with Crippen molar-refractivity contribution in [3.63, 3.8) is 0 Å². The van der Waals surface area contributed by atoms with Crippen molar-refractivity contribution < 1.29 is 14.3 Å². The Hall–Kier alpha value is -2.04. The zero-order chi connectivity index (χ0) is 15.9. The van der Waals surface area contributed by atoms with E-state index in [4.69, 9.17) is 4.42 Å². The summed E-state index contributed by atoms with van der Waals surface area (Å²) >= 11 is 0. The van der Waals surface area contributed by atoms with Crippen molar-refractivity contribution in [1.82, 2.24) is 4.57 Å². The number of hydrogen-bond acceptors (Lipinski definition) is 3. The van der Waals surface area contributed by atoms with Gasteiger partial charge in [0.25, 0.3) is 0 Å². The molecule has 1 heterocycles. The lowest BCUT2D eigenvalue weighted by molar-refractivity contribution is -0.145. The van der Waals surface area contributed by atoms with Crippen LogP contribution in [-0.2, 0) is 10.2 Å². The number of oxazole rings is 1. The van der Waals surface area contributed by atoms with E-state index in [9.17, 15) is 14.7 Å². The van der Waals surface area contributed by atoms with Gasteiger partial charge in [0.15, 0.2) is 5.58 Å². The van der Waals surface area contributed by atoms with Gasteiger partial charge in [-0.25, -0.2) is 4.79 Å². The van der Waals surface area contributed by atoms with E-state index in [2.05, 4.69) is 0 Å². The van der Waals surface area contributed by atoms with E-state index in [-0.39, 0.29) is 6.04 Å². The third-order valence-corrected chi connectivity index (χ3v) is 4.80. The molecule has 1 aromatic carbocycles.